The van der Waals surface area contributed by atoms with Gasteiger partial charge in [-0.05, 0) is 45.8 Å². The number of hydrogen-bond acceptors (Lipinski definition) is 2. The molecule has 0 atom stereocenters. The Bertz CT molecular complexity index is 1020. The van der Waals surface area contributed by atoms with E-state index in [1.54, 1.807) is 24.3 Å². The summed E-state index contributed by atoms with van der Waals surface area (Å²) in [6.45, 7) is 0. The molecule has 27 heavy (non-hydrogen) atoms. The summed E-state index contributed by atoms with van der Waals surface area (Å²) >= 11 is 0. The first kappa shape index (κ1) is 20.2. The quantitative estimate of drug-likeness (QED) is 0.490. The largest absolute Gasteiger partial charge is 0.478 e. The summed E-state index contributed by atoms with van der Waals surface area (Å²) in [5, 5.41) is 21.5. The Morgan fingerprint density at radius 3 is 1.19 bits per heavy atom. The molecule has 0 heterocycles. The molecule has 0 fully saturated rings. The van der Waals surface area contributed by atoms with Gasteiger partial charge in [0.15, 0.2) is 0 Å². The molecule has 0 saturated heterocycles. The molecule has 0 aliphatic carbocycles. The summed E-state index contributed by atoms with van der Waals surface area (Å²) < 4.78 is 0. The molecule has 0 aliphatic rings. The second kappa shape index (κ2) is 8.98. The van der Waals surface area contributed by atoms with Crippen LogP contribution >= 0.6 is 0 Å². The van der Waals surface area contributed by atoms with E-state index in [0.29, 0.717) is 11.1 Å². The molecular weight excluding hydrogens is 387 g/mol. The Morgan fingerprint density at radius 1 is 0.519 bits per heavy atom. The van der Waals surface area contributed by atoms with Gasteiger partial charge in [0.1, 0.15) is 0 Å². The maximum Gasteiger partial charge on any atom is 0.335 e. The van der Waals surface area contributed by atoms with Gasteiger partial charge in [-0.1, -0.05) is 60.7 Å². The molecule has 0 aromatic heterocycles. The third kappa shape index (κ3) is 4.94. The molecule has 0 aliphatic heterocycles. The van der Waals surface area contributed by atoms with Crippen LogP contribution in [-0.2, 0) is 16.8 Å². The first-order valence-electron chi connectivity index (χ1n) is 7.99. The number of hydrogen-bond donors (Lipinski definition) is 2. The number of fused-ring (bicyclic) bond motifs is 2. The van der Waals surface area contributed by atoms with Crippen molar-refractivity contribution < 1.29 is 36.6 Å². The van der Waals surface area contributed by atoms with Gasteiger partial charge in [0, 0.05) is 16.8 Å². The molecule has 0 amide bonds. The topological polar surface area (TPSA) is 74.6 Å². The van der Waals surface area contributed by atoms with E-state index in [1.807, 2.05) is 60.7 Å². The Kier molecular flexibility index (Phi) is 6.71. The van der Waals surface area contributed by atoms with Crippen molar-refractivity contribution in [2.75, 3.05) is 0 Å². The average molecular weight is 403 g/mol. The van der Waals surface area contributed by atoms with Gasteiger partial charge >= 0.3 is 11.9 Å². The predicted octanol–water partition coefficient (Wildman–Crippen LogP) is 5.07. The van der Waals surface area contributed by atoms with Crippen LogP contribution in [0.2, 0.25) is 0 Å². The normalized spacial score (nSPS) is 9.78. The van der Waals surface area contributed by atoms with Crippen LogP contribution in [0.1, 0.15) is 20.7 Å². The molecule has 0 bridgehead atoms. The molecule has 1 radical (unpaired) electrons. The zero-order valence-electron chi connectivity index (χ0n) is 14.1. The predicted molar refractivity (Wildman–Crippen MR) is 102 cm³/mol. The van der Waals surface area contributed by atoms with Crippen LogP contribution in [0.15, 0.2) is 84.9 Å². The minimum Gasteiger partial charge on any atom is -0.478 e. The first-order valence-corrected chi connectivity index (χ1v) is 7.99. The molecule has 4 nitrogen and oxygen atoms in total. The molecule has 4 aromatic carbocycles. The summed E-state index contributed by atoms with van der Waals surface area (Å²) in [5.74, 6) is -1.77. The van der Waals surface area contributed by atoms with Crippen molar-refractivity contribution in [3.8, 4) is 0 Å². The van der Waals surface area contributed by atoms with Crippen molar-refractivity contribution in [2.24, 2.45) is 0 Å². The van der Waals surface area contributed by atoms with Crippen LogP contribution in [0, 0.1) is 0 Å². The van der Waals surface area contributed by atoms with Crippen LogP contribution in [0.4, 0.5) is 0 Å². The fraction of sp³-hybridized carbons (Fsp3) is 0. The molecule has 2 N–H and O–H groups in total. The van der Waals surface area contributed by atoms with Crippen LogP contribution in [-0.4, -0.2) is 22.2 Å². The first-order chi connectivity index (χ1) is 12.5. The summed E-state index contributed by atoms with van der Waals surface area (Å²) in [6, 6.07) is 25.6. The third-order valence-electron chi connectivity index (χ3n) is 3.99. The number of aromatic carboxylic acids is 2. The van der Waals surface area contributed by atoms with Gasteiger partial charge < -0.3 is 10.2 Å². The molecule has 0 saturated carbocycles. The van der Waals surface area contributed by atoms with Gasteiger partial charge in [0.2, 0.25) is 0 Å². The minimum atomic E-state index is -0.884. The Hall–Kier alpha value is -3.15. The van der Waals surface area contributed by atoms with Crippen LogP contribution in [0.25, 0.3) is 21.5 Å². The average Bonchev–Trinajstić information content (AvgIpc) is 2.67. The van der Waals surface area contributed by atoms with E-state index in [4.69, 9.17) is 10.2 Å². The summed E-state index contributed by atoms with van der Waals surface area (Å²) in [4.78, 5) is 21.3. The van der Waals surface area contributed by atoms with Crippen molar-refractivity contribution in [3.05, 3.63) is 96.1 Å². The standard InChI is InChI=1S/2C11H8O2.Co/c2*12-11(13)10-6-5-8-3-1-2-4-9(8)7-10;/h2*1-7H,(H,12,13);. The third-order valence-corrected chi connectivity index (χ3v) is 3.99. The number of rotatable bonds is 2. The van der Waals surface area contributed by atoms with Crippen molar-refractivity contribution in [1.29, 1.82) is 0 Å². The molecule has 4 aromatic rings. The molecule has 5 heteroatoms. The fourth-order valence-electron chi connectivity index (χ4n) is 2.64. The number of carboxylic acid groups (broad SMARTS) is 2. The van der Waals surface area contributed by atoms with E-state index >= 15 is 0 Å². The molecular formula is C22H16CoO4. The Labute approximate surface area is 166 Å². The van der Waals surface area contributed by atoms with Crippen LogP contribution in [0.5, 0.6) is 0 Å². The zero-order valence-corrected chi connectivity index (χ0v) is 15.2. The monoisotopic (exact) mass is 403 g/mol. The maximum absolute atomic E-state index is 10.6. The van der Waals surface area contributed by atoms with E-state index in [-0.39, 0.29) is 16.8 Å². The Morgan fingerprint density at radius 2 is 0.852 bits per heavy atom. The number of benzene rings is 4. The van der Waals surface area contributed by atoms with Gasteiger partial charge in [-0.2, -0.15) is 0 Å². The Balaban J connectivity index is 0.000000187. The second-order valence-corrected chi connectivity index (χ2v) is 5.73. The van der Waals surface area contributed by atoms with Crippen LogP contribution < -0.4 is 0 Å². The van der Waals surface area contributed by atoms with Crippen molar-refractivity contribution >= 4 is 33.5 Å². The molecule has 137 valence electrons. The van der Waals surface area contributed by atoms with Crippen molar-refractivity contribution in [1.82, 2.24) is 0 Å². The molecule has 4 rings (SSSR count). The molecule has 0 spiro atoms. The maximum atomic E-state index is 10.6. The zero-order chi connectivity index (χ0) is 18.5. The minimum absolute atomic E-state index is 0. The summed E-state index contributed by atoms with van der Waals surface area (Å²) in [7, 11) is 0. The number of carboxylic acids is 2. The van der Waals surface area contributed by atoms with Crippen molar-refractivity contribution in [3.63, 3.8) is 0 Å². The van der Waals surface area contributed by atoms with Crippen LogP contribution in [0.3, 0.4) is 0 Å². The van der Waals surface area contributed by atoms with Gasteiger partial charge in [0.25, 0.3) is 0 Å². The van der Waals surface area contributed by atoms with Gasteiger partial charge in [-0.25, -0.2) is 9.59 Å². The second-order valence-electron chi connectivity index (χ2n) is 5.73. The summed E-state index contributed by atoms with van der Waals surface area (Å²) in [5.41, 5.74) is 0.664. The van der Waals surface area contributed by atoms with Gasteiger partial charge in [0.05, 0.1) is 11.1 Å². The van der Waals surface area contributed by atoms with E-state index in [2.05, 4.69) is 0 Å². The molecule has 0 unspecified atom stereocenters. The van der Waals surface area contributed by atoms with Gasteiger partial charge in [-0.15, -0.1) is 0 Å². The van der Waals surface area contributed by atoms with Crippen molar-refractivity contribution in [2.45, 2.75) is 0 Å². The SMILES string of the molecule is O=C(O)c1ccc2ccccc2c1.O=C(O)c1ccc2ccccc2c1.[Co]. The fourth-order valence-corrected chi connectivity index (χ4v) is 2.64. The van der Waals surface area contributed by atoms with Gasteiger partial charge in [-0.3, -0.25) is 0 Å². The van der Waals surface area contributed by atoms with E-state index < -0.39 is 11.9 Å². The van der Waals surface area contributed by atoms with E-state index in [0.717, 1.165) is 21.5 Å². The smallest absolute Gasteiger partial charge is 0.335 e. The number of carbonyl (C=O) groups is 2. The van der Waals surface area contributed by atoms with E-state index in [9.17, 15) is 9.59 Å². The van der Waals surface area contributed by atoms with E-state index in [1.165, 1.54) is 0 Å². The summed E-state index contributed by atoms with van der Waals surface area (Å²) in [6.07, 6.45) is 0.